The van der Waals surface area contributed by atoms with Crippen molar-refractivity contribution in [2.75, 3.05) is 19.6 Å². The minimum Gasteiger partial charge on any atom is -0.368 e. The second-order valence-electron chi connectivity index (χ2n) is 3.73. The largest absolute Gasteiger partial charge is 0.368 e. The van der Waals surface area contributed by atoms with Gasteiger partial charge in [0.25, 0.3) is 0 Å². The Labute approximate surface area is 91.0 Å². The van der Waals surface area contributed by atoms with Gasteiger partial charge < -0.3 is 16.0 Å². The molecule has 2 amide bonds. The quantitative estimate of drug-likeness (QED) is 0.612. The second-order valence-corrected chi connectivity index (χ2v) is 3.73. The van der Waals surface area contributed by atoms with Crippen LogP contribution in [0.1, 0.15) is 27.2 Å². The fourth-order valence-electron chi connectivity index (χ4n) is 1.19. The van der Waals surface area contributed by atoms with E-state index >= 15 is 0 Å². The molecular weight excluding hydrogens is 194 g/mol. The van der Waals surface area contributed by atoms with Crippen LogP contribution in [-0.2, 0) is 9.59 Å². The van der Waals surface area contributed by atoms with Crippen LogP contribution in [0.3, 0.4) is 0 Å². The molecule has 0 bridgehead atoms. The lowest BCUT2D eigenvalue weighted by Crippen LogP contribution is -2.39. The Morgan fingerprint density at radius 1 is 1.40 bits per heavy atom. The first-order chi connectivity index (χ1) is 6.97. The number of primary amides is 1. The fraction of sp³-hybridized carbons (Fsp3) is 0.800. The zero-order valence-corrected chi connectivity index (χ0v) is 9.75. The molecule has 0 atom stereocenters. The molecule has 0 saturated heterocycles. The van der Waals surface area contributed by atoms with Crippen LogP contribution in [0.15, 0.2) is 0 Å². The van der Waals surface area contributed by atoms with E-state index in [0.29, 0.717) is 25.6 Å². The Morgan fingerprint density at radius 3 is 2.40 bits per heavy atom. The van der Waals surface area contributed by atoms with Gasteiger partial charge in [0.15, 0.2) is 0 Å². The first-order valence-electron chi connectivity index (χ1n) is 5.26. The van der Waals surface area contributed by atoms with Crippen molar-refractivity contribution < 1.29 is 9.59 Å². The number of hydrogen-bond acceptors (Lipinski definition) is 3. The third-order valence-electron chi connectivity index (χ3n) is 1.97. The highest BCUT2D eigenvalue weighted by atomic mass is 16.2. The number of likely N-dealkylation sites (N-methyl/N-ethyl adjacent to an activating group) is 1. The standard InChI is InChI=1S/C10H21N3O2/c1-4-13(7-9(11)14)10(15)5-6-12-8(2)3/h8,12H,4-7H2,1-3H3,(H2,11,14). The van der Waals surface area contributed by atoms with Crippen molar-refractivity contribution >= 4 is 11.8 Å². The van der Waals surface area contributed by atoms with E-state index in [1.165, 1.54) is 4.90 Å². The van der Waals surface area contributed by atoms with Crippen molar-refractivity contribution in [2.45, 2.75) is 33.2 Å². The number of nitrogens with one attached hydrogen (secondary N) is 1. The Hall–Kier alpha value is -1.10. The summed E-state index contributed by atoms with van der Waals surface area (Å²) in [5.41, 5.74) is 5.04. The zero-order valence-electron chi connectivity index (χ0n) is 9.75. The number of carbonyl (C=O) groups is 2. The second kappa shape index (κ2) is 7.23. The molecule has 0 fully saturated rings. The van der Waals surface area contributed by atoms with E-state index in [4.69, 9.17) is 5.73 Å². The van der Waals surface area contributed by atoms with Crippen LogP contribution in [0.2, 0.25) is 0 Å². The van der Waals surface area contributed by atoms with E-state index < -0.39 is 5.91 Å². The lowest BCUT2D eigenvalue weighted by molar-refractivity contribution is -0.134. The van der Waals surface area contributed by atoms with Gasteiger partial charge >= 0.3 is 0 Å². The minimum absolute atomic E-state index is 0.0109. The molecule has 0 spiro atoms. The predicted molar refractivity (Wildman–Crippen MR) is 59.2 cm³/mol. The number of rotatable bonds is 7. The molecule has 5 heteroatoms. The predicted octanol–water partition coefficient (Wildman–Crippen LogP) is -0.292. The van der Waals surface area contributed by atoms with E-state index in [9.17, 15) is 9.59 Å². The van der Waals surface area contributed by atoms with Crippen molar-refractivity contribution in [3.63, 3.8) is 0 Å². The summed E-state index contributed by atoms with van der Waals surface area (Å²) in [4.78, 5) is 23.7. The normalized spacial score (nSPS) is 10.4. The molecule has 0 unspecified atom stereocenters. The highest BCUT2D eigenvalue weighted by Gasteiger charge is 2.13. The molecule has 0 saturated carbocycles. The van der Waals surface area contributed by atoms with Gasteiger partial charge in [0.1, 0.15) is 0 Å². The Balaban J connectivity index is 3.88. The molecule has 0 rings (SSSR count). The van der Waals surface area contributed by atoms with Gasteiger partial charge in [-0.15, -0.1) is 0 Å². The van der Waals surface area contributed by atoms with Gasteiger partial charge in [-0.1, -0.05) is 13.8 Å². The van der Waals surface area contributed by atoms with Gasteiger partial charge in [-0.2, -0.15) is 0 Å². The lowest BCUT2D eigenvalue weighted by atomic mass is 10.3. The van der Waals surface area contributed by atoms with Crippen molar-refractivity contribution in [2.24, 2.45) is 5.73 Å². The zero-order chi connectivity index (χ0) is 11.8. The van der Waals surface area contributed by atoms with E-state index in [1.807, 2.05) is 20.8 Å². The average molecular weight is 215 g/mol. The molecule has 88 valence electrons. The van der Waals surface area contributed by atoms with Gasteiger partial charge in [-0.05, 0) is 6.92 Å². The summed E-state index contributed by atoms with van der Waals surface area (Å²) in [6.07, 6.45) is 0.402. The molecule has 0 aromatic rings. The highest BCUT2D eigenvalue weighted by molar-refractivity contribution is 5.83. The molecule has 0 radical (unpaired) electrons. The first kappa shape index (κ1) is 13.9. The smallest absolute Gasteiger partial charge is 0.237 e. The van der Waals surface area contributed by atoms with E-state index in [2.05, 4.69) is 5.32 Å². The van der Waals surface area contributed by atoms with Crippen molar-refractivity contribution in [1.29, 1.82) is 0 Å². The van der Waals surface area contributed by atoms with Crippen molar-refractivity contribution in [3.05, 3.63) is 0 Å². The van der Waals surface area contributed by atoms with Crippen LogP contribution in [-0.4, -0.2) is 42.4 Å². The number of carbonyl (C=O) groups excluding carboxylic acids is 2. The molecule has 15 heavy (non-hydrogen) atoms. The summed E-state index contributed by atoms with van der Waals surface area (Å²) >= 11 is 0. The molecule has 0 aromatic carbocycles. The average Bonchev–Trinajstić information content (AvgIpc) is 2.13. The lowest BCUT2D eigenvalue weighted by Gasteiger charge is -2.19. The fourth-order valence-corrected chi connectivity index (χ4v) is 1.19. The van der Waals surface area contributed by atoms with Crippen LogP contribution in [0.4, 0.5) is 0 Å². The summed E-state index contributed by atoms with van der Waals surface area (Å²) in [7, 11) is 0. The summed E-state index contributed by atoms with van der Waals surface area (Å²) in [5.74, 6) is -0.508. The summed E-state index contributed by atoms with van der Waals surface area (Å²) in [6.45, 7) is 7.03. The monoisotopic (exact) mass is 215 g/mol. The molecule has 0 aliphatic rings. The molecule has 0 aliphatic carbocycles. The number of hydrogen-bond donors (Lipinski definition) is 2. The van der Waals surface area contributed by atoms with Crippen molar-refractivity contribution in [1.82, 2.24) is 10.2 Å². The van der Waals surface area contributed by atoms with Crippen LogP contribution in [0.25, 0.3) is 0 Å². The summed E-state index contributed by atoms with van der Waals surface area (Å²) in [5, 5.41) is 3.14. The minimum atomic E-state index is -0.470. The van der Waals surface area contributed by atoms with Crippen LogP contribution in [0.5, 0.6) is 0 Å². The highest BCUT2D eigenvalue weighted by Crippen LogP contribution is 1.93. The van der Waals surface area contributed by atoms with Crippen molar-refractivity contribution in [3.8, 4) is 0 Å². The third-order valence-corrected chi connectivity index (χ3v) is 1.97. The SMILES string of the molecule is CCN(CC(N)=O)C(=O)CCNC(C)C. The first-order valence-corrected chi connectivity index (χ1v) is 5.26. The molecule has 0 heterocycles. The number of nitrogens with two attached hydrogens (primary N) is 1. The van der Waals surface area contributed by atoms with Crippen LogP contribution < -0.4 is 11.1 Å². The Bertz CT molecular complexity index is 217. The number of nitrogens with zero attached hydrogens (tertiary/aromatic N) is 1. The third kappa shape index (κ3) is 6.90. The van der Waals surface area contributed by atoms with Gasteiger partial charge in [0.2, 0.25) is 11.8 Å². The molecule has 0 aliphatic heterocycles. The summed E-state index contributed by atoms with van der Waals surface area (Å²) in [6, 6.07) is 0.365. The van der Waals surface area contributed by atoms with E-state index in [1.54, 1.807) is 0 Å². The van der Waals surface area contributed by atoms with Crippen LogP contribution >= 0.6 is 0 Å². The Morgan fingerprint density at radius 2 is 2.00 bits per heavy atom. The van der Waals surface area contributed by atoms with Gasteiger partial charge in [-0.3, -0.25) is 9.59 Å². The summed E-state index contributed by atoms with van der Waals surface area (Å²) < 4.78 is 0. The maximum atomic E-state index is 11.6. The van der Waals surface area contributed by atoms with Crippen LogP contribution in [0, 0.1) is 0 Å². The van der Waals surface area contributed by atoms with Gasteiger partial charge in [0.05, 0.1) is 6.54 Å². The maximum Gasteiger partial charge on any atom is 0.237 e. The molecule has 5 nitrogen and oxygen atoms in total. The van der Waals surface area contributed by atoms with Gasteiger partial charge in [0, 0.05) is 25.6 Å². The molecule has 3 N–H and O–H groups in total. The maximum absolute atomic E-state index is 11.6. The van der Waals surface area contributed by atoms with E-state index in [-0.39, 0.29) is 12.5 Å². The van der Waals surface area contributed by atoms with E-state index in [0.717, 1.165) is 0 Å². The number of amides is 2. The van der Waals surface area contributed by atoms with Gasteiger partial charge in [-0.25, -0.2) is 0 Å². The Kier molecular flexibility index (Phi) is 6.70. The molecule has 0 aromatic heterocycles. The molecular formula is C10H21N3O2. The topological polar surface area (TPSA) is 75.4 Å².